The van der Waals surface area contributed by atoms with Gasteiger partial charge in [-0.2, -0.15) is 4.31 Å². The predicted molar refractivity (Wildman–Crippen MR) is 145 cm³/mol. The fourth-order valence-electron chi connectivity index (χ4n) is 4.53. The summed E-state index contributed by atoms with van der Waals surface area (Å²) in [6.07, 6.45) is 3.33. The first-order valence-electron chi connectivity index (χ1n) is 12.9. The number of sulfonamides is 1. The van der Waals surface area contributed by atoms with E-state index in [1.54, 1.807) is 18.4 Å². The molecule has 208 valence electrons. The minimum Gasteiger partial charge on any atom is -0.504 e. The SMILES string of the molecule is CC(C)c1coc([C@H](Nc2nc3nonc3nc2Nc2cccc(S(=O)(=O)N3CCCC3)c2O)C(C)(C)C)c1. The zero-order chi connectivity index (χ0) is 27.9. The number of hydrogen-bond acceptors (Lipinski definition) is 11. The lowest BCUT2D eigenvalue weighted by atomic mass is 9.85. The minimum atomic E-state index is -3.86. The normalized spacial score (nSPS) is 15.7. The summed E-state index contributed by atoms with van der Waals surface area (Å²) in [5.41, 5.74) is 1.25. The van der Waals surface area contributed by atoms with Gasteiger partial charge in [0, 0.05) is 13.1 Å². The Bertz CT molecular complexity index is 1580. The summed E-state index contributed by atoms with van der Waals surface area (Å²) in [7, 11) is -3.86. The van der Waals surface area contributed by atoms with E-state index >= 15 is 0 Å². The summed E-state index contributed by atoms with van der Waals surface area (Å²) >= 11 is 0. The van der Waals surface area contributed by atoms with Gasteiger partial charge >= 0.3 is 0 Å². The molecule has 0 unspecified atom stereocenters. The second kappa shape index (κ2) is 10.1. The van der Waals surface area contributed by atoms with Crippen molar-refractivity contribution in [1.82, 2.24) is 24.6 Å². The molecular weight excluding hydrogens is 522 g/mol. The van der Waals surface area contributed by atoms with E-state index < -0.39 is 15.8 Å². The number of anilines is 3. The number of para-hydroxylation sites is 1. The third kappa shape index (κ3) is 5.28. The number of hydrogen-bond donors (Lipinski definition) is 3. The van der Waals surface area contributed by atoms with E-state index in [1.165, 1.54) is 10.4 Å². The number of phenols is 1. The Labute approximate surface area is 226 Å². The van der Waals surface area contributed by atoms with Crippen molar-refractivity contribution < 1.29 is 22.6 Å². The summed E-state index contributed by atoms with van der Waals surface area (Å²) in [5, 5.41) is 25.1. The molecule has 5 rings (SSSR count). The van der Waals surface area contributed by atoms with E-state index in [-0.39, 0.29) is 39.2 Å². The lowest BCUT2D eigenvalue weighted by Crippen LogP contribution is -2.28. The van der Waals surface area contributed by atoms with Gasteiger partial charge in [0.05, 0.1) is 18.0 Å². The summed E-state index contributed by atoms with van der Waals surface area (Å²) in [4.78, 5) is 8.89. The zero-order valence-corrected chi connectivity index (χ0v) is 23.4. The van der Waals surface area contributed by atoms with E-state index in [0.29, 0.717) is 24.8 Å². The first-order chi connectivity index (χ1) is 18.4. The van der Waals surface area contributed by atoms with Crippen LogP contribution in [0.2, 0.25) is 0 Å². The number of fused-ring (bicyclic) bond motifs is 1. The van der Waals surface area contributed by atoms with Crippen LogP contribution in [0.1, 0.15) is 70.7 Å². The van der Waals surface area contributed by atoms with Crippen molar-refractivity contribution in [1.29, 1.82) is 0 Å². The predicted octanol–water partition coefficient (Wildman–Crippen LogP) is 5.16. The van der Waals surface area contributed by atoms with Gasteiger partial charge in [0.15, 0.2) is 17.4 Å². The number of aromatic hydroxyl groups is 1. The molecule has 1 aliphatic heterocycles. The topological polar surface area (TPSA) is 160 Å². The van der Waals surface area contributed by atoms with E-state index in [1.807, 2.05) is 6.07 Å². The Balaban J connectivity index is 1.54. The molecule has 39 heavy (non-hydrogen) atoms. The van der Waals surface area contributed by atoms with Crippen LogP contribution in [0.3, 0.4) is 0 Å². The molecule has 1 aromatic carbocycles. The zero-order valence-electron chi connectivity index (χ0n) is 22.6. The molecule has 0 bridgehead atoms. The lowest BCUT2D eigenvalue weighted by Gasteiger charge is -2.30. The quantitative estimate of drug-likeness (QED) is 0.246. The van der Waals surface area contributed by atoms with Crippen LogP contribution in [0, 0.1) is 5.41 Å². The third-order valence-electron chi connectivity index (χ3n) is 6.79. The maximum absolute atomic E-state index is 13.2. The molecule has 0 saturated carbocycles. The Morgan fingerprint density at radius 1 is 1.05 bits per heavy atom. The second-order valence-electron chi connectivity index (χ2n) is 11.1. The Morgan fingerprint density at radius 3 is 2.33 bits per heavy atom. The minimum absolute atomic E-state index is 0.149. The molecule has 4 heterocycles. The van der Waals surface area contributed by atoms with E-state index in [0.717, 1.165) is 24.2 Å². The monoisotopic (exact) mass is 555 g/mol. The number of nitrogens with zero attached hydrogens (tertiary/aromatic N) is 5. The van der Waals surface area contributed by atoms with E-state index in [4.69, 9.17) is 9.05 Å². The molecule has 13 heteroatoms. The number of phenolic OH excluding ortho intramolecular Hbond substituents is 1. The molecule has 4 aromatic rings. The Morgan fingerprint density at radius 2 is 1.72 bits per heavy atom. The van der Waals surface area contributed by atoms with Crippen LogP contribution in [0.25, 0.3) is 11.3 Å². The standard InChI is InChI=1S/C26H33N7O5S/c1-15(2)16-13-18(37-14-16)21(26(3,4)5)28-23-22(29-24-25(30-23)32-38-31-24)27-17-9-8-10-19(20(17)34)39(35,36)33-11-6-7-12-33/h8-10,13-15,21,34H,6-7,11-12H2,1-5H3,(H,27,29,31)(H,28,30,32)/t21-/m0/s1. The molecule has 0 radical (unpaired) electrons. The van der Waals surface area contributed by atoms with Crippen molar-refractivity contribution >= 4 is 38.6 Å². The highest BCUT2D eigenvalue weighted by molar-refractivity contribution is 7.89. The molecule has 0 aliphatic carbocycles. The number of aromatic nitrogens is 4. The van der Waals surface area contributed by atoms with Gasteiger partial charge in [-0.25, -0.2) is 23.0 Å². The van der Waals surface area contributed by atoms with Crippen LogP contribution in [0.4, 0.5) is 17.3 Å². The molecule has 12 nitrogen and oxygen atoms in total. The Hall–Kier alpha value is -3.71. The average Bonchev–Trinajstić information content (AvgIpc) is 3.64. The number of furan rings is 1. The largest absolute Gasteiger partial charge is 0.504 e. The van der Waals surface area contributed by atoms with Crippen molar-refractivity contribution in [3.05, 3.63) is 41.9 Å². The number of nitrogens with one attached hydrogen (secondary N) is 2. The van der Waals surface area contributed by atoms with Gasteiger partial charge in [-0.3, -0.25) is 0 Å². The van der Waals surface area contributed by atoms with E-state index in [2.05, 4.69) is 65.5 Å². The van der Waals surface area contributed by atoms with Crippen molar-refractivity contribution in [2.75, 3.05) is 23.7 Å². The fourth-order valence-corrected chi connectivity index (χ4v) is 6.15. The van der Waals surface area contributed by atoms with Crippen molar-refractivity contribution in [3.8, 4) is 5.75 Å². The third-order valence-corrected chi connectivity index (χ3v) is 8.72. The molecule has 0 spiro atoms. The van der Waals surface area contributed by atoms with Crippen molar-refractivity contribution in [2.24, 2.45) is 5.41 Å². The summed E-state index contributed by atoms with van der Waals surface area (Å²) in [5.74, 6) is 1.11. The molecule has 1 aliphatic rings. The maximum Gasteiger partial charge on any atom is 0.246 e. The first kappa shape index (κ1) is 26.9. The molecular formula is C26H33N7O5S. The van der Waals surface area contributed by atoms with Crippen LogP contribution >= 0.6 is 0 Å². The molecule has 1 saturated heterocycles. The first-order valence-corrected chi connectivity index (χ1v) is 14.3. The number of benzene rings is 1. The highest BCUT2D eigenvalue weighted by Crippen LogP contribution is 2.40. The summed E-state index contributed by atoms with van der Waals surface area (Å²) in [6.45, 7) is 11.2. The lowest BCUT2D eigenvalue weighted by molar-refractivity contribution is 0.303. The van der Waals surface area contributed by atoms with Crippen molar-refractivity contribution in [2.45, 2.75) is 64.3 Å². The second-order valence-corrected chi connectivity index (χ2v) is 13.0. The van der Waals surface area contributed by atoms with Gasteiger partial charge in [-0.05, 0) is 58.3 Å². The average molecular weight is 556 g/mol. The van der Waals surface area contributed by atoms with Crippen LogP contribution in [-0.4, -0.2) is 51.2 Å². The smallest absolute Gasteiger partial charge is 0.246 e. The fraction of sp³-hybridized carbons (Fsp3) is 0.462. The molecule has 0 amide bonds. The van der Waals surface area contributed by atoms with Gasteiger partial charge in [-0.15, -0.1) is 0 Å². The van der Waals surface area contributed by atoms with Crippen LogP contribution < -0.4 is 10.6 Å². The van der Waals surface area contributed by atoms with Gasteiger partial charge in [-0.1, -0.05) is 40.7 Å². The number of rotatable bonds is 8. The van der Waals surface area contributed by atoms with Gasteiger partial charge in [0.1, 0.15) is 10.7 Å². The highest BCUT2D eigenvalue weighted by Gasteiger charge is 2.33. The Kier molecular flexibility index (Phi) is 6.97. The molecule has 1 atom stereocenters. The maximum atomic E-state index is 13.2. The van der Waals surface area contributed by atoms with E-state index in [9.17, 15) is 13.5 Å². The highest BCUT2D eigenvalue weighted by atomic mass is 32.2. The summed E-state index contributed by atoms with van der Waals surface area (Å²) in [6, 6.07) is 6.21. The molecule has 3 N–H and O–H groups in total. The molecule has 1 fully saturated rings. The van der Waals surface area contributed by atoms with Gasteiger partial charge < -0.3 is 20.2 Å². The van der Waals surface area contributed by atoms with Crippen molar-refractivity contribution in [3.63, 3.8) is 0 Å². The van der Waals surface area contributed by atoms with Crippen LogP contribution in [-0.2, 0) is 10.0 Å². The van der Waals surface area contributed by atoms with Gasteiger partial charge in [0.25, 0.3) is 0 Å². The van der Waals surface area contributed by atoms with Crippen LogP contribution in [0.5, 0.6) is 5.75 Å². The van der Waals surface area contributed by atoms with Gasteiger partial charge in [0.2, 0.25) is 21.3 Å². The molecule has 3 aromatic heterocycles. The van der Waals surface area contributed by atoms with Crippen LogP contribution in [0.15, 0.2) is 44.5 Å². The summed E-state index contributed by atoms with van der Waals surface area (Å²) < 4.78 is 38.5.